The Morgan fingerprint density at radius 1 is 0.839 bits per heavy atom. The highest BCUT2D eigenvalue weighted by molar-refractivity contribution is 5.99. The molecule has 0 bridgehead atoms. The van der Waals surface area contributed by atoms with E-state index in [1.165, 1.54) is 5.56 Å². The Balaban J connectivity index is 1.58. The van der Waals surface area contributed by atoms with Crippen molar-refractivity contribution in [1.29, 1.82) is 0 Å². The van der Waals surface area contributed by atoms with Crippen LogP contribution in [0.25, 0.3) is 0 Å². The summed E-state index contributed by atoms with van der Waals surface area (Å²) < 4.78 is 0. The van der Waals surface area contributed by atoms with Crippen molar-refractivity contribution in [2.75, 3.05) is 27.8 Å². The molecule has 0 aliphatic rings. The molecule has 0 unspecified atom stereocenters. The highest BCUT2D eigenvalue weighted by Gasteiger charge is 2.13. The minimum Gasteiger partial charge on any atom is -0.370 e. The Morgan fingerprint density at radius 3 is 1.90 bits per heavy atom. The predicted octanol–water partition coefficient (Wildman–Crippen LogP) is 5.90. The third-order valence-corrected chi connectivity index (χ3v) is 4.62. The standard InChI is InChI=1S/C24H30N6O/c1-6-25-21-15-22(27-16(2)26-21)28-18-11-13-20(14-12-18)30-23(31)29-19-9-7-17(8-10-19)24(3,4)5/h7-15H,6H2,1-5H3,(H2,29,30,31)(H2,25,26,27,28). The average molecular weight is 419 g/mol. The SMILES string of the molecule is CCNc1cc(Nc2ccc(NC(=O)Nc3ccc(C(C)(C)C)cc3)cc2)nc(C)n1. The van der Waals surface area contributed by atoms with E-state index in [1.54, 1.807) is 0 Å². The second-order valence-electron chi connectivity index (χ2n) is 8.32. The predicted molar refractivity (Wildman–Crippen MR) is 128 cm³/mol. The molecular weight excluding hydrogens is 388 g/mol. The summed E-state index contributed by atoms with van der Waals surface area (Å²) in [5, 5.41) is 12.2. The van der Waals surface area contributed by atoms with Crippen LogP contribution in [0.3, 0.4) is 0 Å². The molecule has 31 heavy (non-hydrogen) atoms. The second-order valence-corrected chi connectivity index (χ2v) is 8.32. The molecule has 1 aromatic heterocycles. The van der Waals surface area contributed by atoms with Crippen LogP contribution in [0, 0.1) is 6.92 Å². The number of nitrogens with one attached hydrogen (secondary N) is 4. The molecule has 0 aliphatic carbocycles. The molecule has 1 heterocycles. The molecule has 0 saturated carbocycles. The molecule has 2 aromatic carbocycles. The maximum Gasteiger partial charge on any atom is 0.323 e. The van der Waals surface area contributed by atoms with Crippen LogP contribution < -0.4 is 21.3 Å². The topological polar surface area (TPSA) is 91.0 Å². The maximum atomic E-state index is 12.3. The molecule has 0 fully saturated rings. The summed E-state index contributed by atoms with van der Waals surface area (Å²) in [6.45, 7) is 11.1. The zero-order valence-corrected chi connectivity index (χ0v) is 18.7. The lowest BCUT2D eigenvalue weighted by Gasteiger charge is -2.19. The second kappa shape index (κ2) is 9.47. The van der Waals surface area contributed by atoms with Gasteiger partial charge >= 0.3 is 6.03 Å². The molecule has 7 nitrogen and oxygen atoms in total. The Kier molecular flexibility index (Phi) is 6.74. The van der Waals surface area contributed by atoms with E-state index in [0.29, 0.717) is 17.3 Å². The number of rotatable bonds is 6. The Labute approximate surface area is 183 Å². The van der Waals surface area contributed by atoms with Gasteiger partial charge in [-0.15, -0.1) is 0 Å². The zero-order chi connectivity index (χ0) is 22.4. The minimum atomic E-state index is -0.286. The first kappa shape index (κ1) is 22.1. The molecular formula is C24H30N6O. The molecule has 7 heteroatoms. The molecule has 0 radical (unpaired) electrons. The largest absolute Gasteiger partial charge is 0.370 e. The van der Waals surface area contributed by atoms with E-state index in [2.05, 4.69) is 52.0 Å². The number of urea groups is 1. The van der Waals surface area contributed by atoms with Gasteiger partial charge in [0.15, 0.2) is 0 Å². The fraction of sp³-hybridized carbons (Fsp3) is 0.292. The first-order chi connectivity index (χ1) is 14.7. The summed E-state index contributed by atoms with van der Waals surface area (Å²) >= 11 is 0. The molecule has 3 aromatic rings. The molecule has 162 valence electrons. The van der Waals surface area contributed by atoms with Crippen molar-refractivity contribution in [2.24, 2.45) is 0 Å². The quantitative estimate of drug-likeness (QED) is 0.400. The van der Waals surface area contributed by atoms with Crippen molar-refractivity contribution in [2.45, 2.75) is 40.0 Å². The number of carbonyl (C=O) groups excluding carboxylic acids is 1. The lowest BCUT2D eigenvalue weighted by Crippen LogP contribution is -2.19. The highest BCUT2D eigenvalue weighted by Crippen LogP contribution is 2.24. The first-order valence-corrected chi connectivity index (χ1v) is 10.4. The van der Waals surface area contributed by atoms with Crippen LogP contribution in [0.4, 0.5) is 33.5 Å². The van der Waals surface area contributed by atoms with Gasteiger partial charge in [0.05, 0.1) is 0 Å². The fourth-order valence-electron chi connectivity index (χ4n) is 3.04. The number of benzene rings is 2. The van der Waals surface area contributed by atoms with Crippen LogP contribution in [-0.2, 0) is 5.41 Å². The summed E-state index contributed by atoms with van der Waals surface area (Å²) in [7, 11) is 0. The number of hydrogen-bond donors (Lipinski definition) is 4. The highest BCUT2D eigenvalue weighted by atomic mass is 16.2. The van der Waals surface area contributed by atoms with E-state index in [0.717, 1.165) is 23.7 Å². The molecule has 0 atom stereocenters. The van der Waals surface area contributed by atoms with Crippen molar-refractivity contribution < 1.29 is 4.79 Å². The number of hydrogen-bond acceptors (Lipinski definition) is 5. The van der Waals surface area contributed by atoms with Crippen LogP contribution in [0.15, 0.2) is 54.6 Å². The third-order valence-electron chi connectivity index (χ3n) is 4.62. The van der Waals surface area contributed by atoms with E-state index in [1.807, 2.05) is 68.4 Å². The van der Waals surface area contributed by atoms with Gasteiger partial charge in [-0.05, 0) is 61.2 Å². The number of aryl methyl sites for hydroxylation is 1. The summed E-state index contributed by atoms with van der Waals surface area (Å²) in [6, 6.07) is 16.9. The Bertz CT molecular complexity index is 1020. The van der Waals surface area contributed by atoms with Crippen LogP contribution in [-0.4, -0.2) is 22.5 Å². The molecule has 0 spiro atoms. The number of carbonyl (C=O) groups is 1. The van der Waals surface area contributed by atoms with Crippen molar-refractivity contribution in [3.63, 3.8) is 0 Å². The normalized spacial score (nSPS) is 11.0. The van der Waals surface area contributed by atoms with Crippen LogP contribution in [0.2, 0.25) is 0 Å². The van der Waals surface area contributed by atoms with Gasteiger partial charge in [-0.2, -0.15) is 0 Å². The number of anilines is 5. The zero-order valence-electron chi connectivity index (χ0n) is 18.7. The number of amides is 2. The summed E-state index contributed by atoms with van der Waals surface area (Å²) in [5.41, 5.74) is 3.61. The van der Waals surface area contributed by atoms with E-state index in [9.17, 15) is 4.79 Å². The molecule has 3 rings (SSSR count). The van der Waals surface area contributed by atoms with Gasteiger partial charge in [0.25, 0.3) is 0 Å². The van der Waals surface area contributed by atoms with Crippen molar-refractivity contribution >= 4 is 34.7 Å². The van der Waals surface area contributed by atoms with Gasteiger partial charge in [-0.25, -0.2) is 14.8 Å². The monoisotopic (exact) mass is 418 g/mol. The third kappa shape index (κ3) is 6.44. The van der Waals surface area contributed by atoms with Gasteiger partial charge in [0.2, 0.25) is 0 Å². The minimum absolute atomic E-state index is 0.0785. The first-order valence-electron chi connectivity index (χ1n) is 10.4. The van der Waals surface area contributed by atoms with Crippen molar-refractivity contribution in [3.05, 3.63) is 66.0 Å². The fourth-order valence-corrected chi connectivity index (χ4v) is 3.04. The molecule has 2 amide bonds. The van der Waals surface area contributed by atoms with Crippen molar-refractivity contribution in [1.82, 2.24) is 9.97 Å². The smallest absolute Gasteiger partial charge is 0.323 e. The lowest BCUT2D eigenvalue weighted by molar-refractivity contribution is 0.262. The van der Waals surface area contributed by atoms with E-state index >= 15 is 0 Å². The van der Waals surface area contributed by atoms with Crippen molar-refractivity contribution in [3.8, 4) is 0 Å². The van der Waals surface area contributed by atoms with Crippen LogP contribution >= 0.6 is 0 Å². The van der Waals surface area contributed by atoms with E-state index in [-0.39, 0.29) is 11.4 Å². The van der Waals surface area contributed by atoms with Gasteiger partial charge in [-0.3, -0.25) is 0 Å². The van der Waals surface area contributed by atoms with Gasteiger partial charge in [0.1, 0.15) is 17.5 Å². The van der Waals surface area contributed by atoms with Gasteiger partial charge < -0.3 is 21.3 Å². The Morgan fingerprint density at radius 2 is 1.35 bits per heavy atom. The van der Waals surface area contributed by atoms with Gasteiger partial charge in [0, 0.05) is 29.7 Å². The van der Waals surface area contributed by atoms with E-state index in [4.69, 9.17) is 0 Å². The summed E-state index contributed by atoms with van der Waals surface area (Å²) in [6.07, 6.45) is 0. The average Bonchev–Trinajstić information content (AvgIpc) is 2.69. The summed E-state index contributed by atoms with van der Waals surface area (Å²) in [5.74, 6) is 2.18. The summed E-state index contributed by atoms with van der Waals surface area (Å²) in [4.78, 5) is 21.1. The maximum absolute atomic E-state index is 12.3. The molecule has 0 aliphatic heterocycles. The lowest BCUT2D eigenvalue weighted by atomic mass is 9.87. The Hall–Kier alpha value is -3.61. The number of aromatic nitrogens is 2. The van der Waals surface area contributed by atoms with E-state index < -0.39 is 0 Å². The van der Waals surface area contributed by atoms with Crippen LogP contribution in [0.1, 0.15) is 39.1 Å². The molecule has 4 N–H and O–H groups in total. The van der Waals surface area contributed by atoms with Crippen LogP contribution in [0.5, 0.6) is 0 Å². The number of nitrogens with zero attached hydrogens (tertiary/aromatic N) is 2. The molecule has 0 saturated heterocycles. The van der Waals surface area contributed by atoms with Gasteiger partial charge in [-0.1, -0.05) is 32.9 Å².